The zero-order valence-corrected chi connectivity index (χ0v) is 18.5. The second kappa shape index (κ2) is 11.5. The van der Waals surface area contributed by atoms with E-state index in [2.05, 4.69) is 13.8 Å². The van der Waals surface area contributed by atoms with Crippen LogP contribution in [0.25, 0.3) is 0 Å². The maximum atomic E-state index is 15.3. The number of rotatable bonds is 9. The van der Waals surface area contributed by atoms with Crippen LogP contribution in [0.1, 0.15) is 113 Å². The Morgan fingerprint density at radius 1 is 0.967 bits per heavy atom. The van der Waals surface area contributed by atoms with E-state index in [1.807, 2.05) is 0 Å². The molecule has 0 spiro atoms. The van der Waals surface area contributed by atoms with Crippen molar-refractivity contribution in [2.24, 2.45) is 0 Å². The molecule has 2 nitrogen and oxygen atoms in total. The van der Waals surface area contributed by atoms with Gasteiger partial charge in [-0.05, 0) is 68.4 Å². The Balaban J connectivity index is 1.69. The van der Waals surface area contributed by atoms with E-state index in [9.17, 15) is 8.78 Å². The minimum absolute atomic E-state index is 0.000819. The van der Waals surface area contributed by atoms with Gasteiger partial charge in [0.1, 0.15) is 5.82 Å². The molecule has 0 amide bonds. The van der Waals surface area contributed by atoms with Crippen molar-refractivity contribution in [3.63, 3.8) is 0 Å². The van der Waals surface area contributed by atoms with Crippen LogP contribution in [0.5, 0.6) is 0 Å². The SMILES string of the molecule is CCCCOC1CCC(c2ccc(C3CCC(CCC)OC3)c(C(F)F)c2F)CC1. The highest BCUT2D eigenvalue weighted by atomic mass is 19.3. The van der Waals surface area contributed by atoms with Crippen LogP contribution in [0.2, 0.25) is 0 Å². The topological polar surface area (TPSA) is 18.5 Å². The van der Waals surface area contributed by atoms with E-state index >= 15 is 4.39 Å². The molecule has 2 aliphatic rings. The van der Waals surface area contributed by atoms with E-state index in [1.54, 1.807) is 12.1 Å². The van der Waals surface area contributed by atoms with Gasteiger partial charge in [-0.25, -0.2) is 13.2 Å². The van der Waals surface area contributed by atoms with Crippen molar-refractivity contribution < 1.29 is 22.6 Å². The van der Waals surface area contributed by atoms with E-state index in [0.29, 0.717) is 17.7 Å². The van der Waals surface area contributed by atoms with Gasteiger partial charge in [0, 0.05) is 12.5 Å². The maximum Gasteiger partial charge on any atom is 0.266 e. The molecule has 3 rings (SSSR count). The van der Waals surface area contributed by atoms with E-state index < -0.39 is 17.8 Å². The smallest absolute Gasteiger partial charge is 0.266 e. The average molecular weight is 427 g/mol. The first-order chi connectivity index (χ1) is 14.5. The summed E-state index contributed by atoms with van der Waals surface area (Å²) < 4.78 is 54.9. The summed E-state index contributed by atoms with van der Waals surface area (Å²) in [6.07, 6.45) is 6.79. The van der Waals surface area contributed by atoms with E-state index in [4.69, 9.17) is 9.47 Å². The Morgan fingerprint density at radius 3 is 2.27 bits per heavy atom. The molecule has 1 aliphatic carbocycles. The van der Waals surface area contributed by atoms with Crippen LogP contribution < -0.4 is 0 Å². The van der Waals surface area contributed by atoms with Gasteiger partial charge in [0.15, 0.2) is 0 Å². The fourth-order valence-electron chi connectivity index (χ4n) is 5.05. The Morgan fingerprint density at radius 2 is 1.67 bits per heavy atom. The molecule has 170 valence electrons. The minimum Gasteiger partial charge on any atom is -0.378 e. The number of benzene rings is 1. The highest BCUT2D eigenvalue weighted by Crippen LogP contribution is 2.42. The molecule has 2 fully saturated rings. The van der Waals surface area contributed by atoms with Gasteiger partial charge in [0.05, 0.1) is 24.4 Å². The zero-order chi connectivity index (χ0) is 21.5. The first-order valence-electron chi connectivity index (χ1n) is 11.9. The van der Waals surface area contributed by atoms with E-state index in [0.717, 1.165) is 70.8 Å². The van der Waals surface area contributed by atoms with Crippen LogP contribution >= 0.6 is 0 Å². The largest absolute Gasteiger partial charge is 0.378 e. The normalized spacial score (nSPS) is 27.5. The van der Waals surface area contributed by atoms with E-state index in [1.165, 1.54) is 0 Å². The molecule has 2 atom stereocenters. The number of ether oxygens (including phenoxy) is 2. The van der Waals surface area contributed by atoms with E-state index in [-0.39, 0.29) is 24.0 Å². The van der Waals surface area contributed by atoms with Gasteiger partial charge in [-0.2, -0.15) is 0 Å². The van der Waals surface area contributed by atoms with Crippen LogP contribution in [-0.4, -0.2) is 25.4 Å². The fourth-order valence-corrected chi connectivity index (χ4v) is 5.05. The second-order valence-corrected chi connectivity index (χ2v) is 8.99. The molecule has 2 unspecified atom stereocenters. The van der Waals surface area contributed by atoms with Crippen molar-refractivity contribution in [1.29, 1.82) is 0 Å². The molecule has 1 saturated heterocycles. The second-order valence-electron chi connectivity index (χ2n) is 8.99. The number of alkyl halides is 2. The zero-order valence-electron chi connectivity index (χ0n) is 18.5. The summed E-state index contributed by atoms with van der Waals surface area (Å²) in [5, 5.41) is 0. The standard InChI is InChI=1S/C25H37F3O2/c1-3-5-15-29-20-10-7-17(8-11-20)22-14-13-21(23(24(22)26)25(27)28)18-9-12-19(6-4-2)30-16-18/h13-14,17-20,25H,3-12,15-16H2,1-2H3. The lowest BCUT2D eigenvalue weighted by Crippen LogP contribution is -2.26. The lowest BCUT2D eigenvalue weighted by molar-refractivity contribution is -0.00194. The van der Waals surface area contributed by atoms with Crippen molar-refractivity contribution in [2.45, 2.75) is 109 Å². The summed E-state index contributed by atoms with van der Waals surface area (Å²) in [6, 6.07) is 3.51. The molecular formula is C25H37F3O2. The first kappa shape index (κ1) is 23.6. The highest BCUT2D eigenvalue weighted by molar-refractivity contribution is 5.39. The average Bonchev–Trinajstić information content (AvgIpc) is 2.75. The summed E-state index contributed by atoms with van der Waals surface area (Å²) in [5.41, 5.74) is 0.510. The molecule has 1 aromatic rings. The lowest BCUT2D eigenvalue weighted by Gasteiger charge is -2.32. The number of hydrogen-bond donors (Lipinski definition) is 0. The molecule has 0 N–H and O–H groups in total. The van der Waals surface area contributed by atoms with Crippen LogP contribution in [-0.2, 0) is 9.47 Å². The van der Waals surface area contributed by atoms with Gasteiger partial charge in [-0.15, -0.1) is 0 Å². The van der Waals surface area contributed by atoms with Gasteiger partial charge >= 0.3 is 0 Å². The van der Waals surface area contributed by atoms with Gasteiger partial charge < -0.3 is 9.47 Å². The van der Waals surface area contributed by atoms with Crippen LogP contribution in [0, 0.1) is 5.82 Å². The Bertz CT molecular complexity index is 648. The third kappa shape index (κ3) is 5.79. The number of halogens is 3. The summed E-state index contributed by atoms with van der Waals surface area (Å²) in [7, 11) is 0. The molecule has 0 aromatic heterocycles. The molecule has 0 radical (unpaired) electrons. The quantitative estimate of drug-likeness (QED) is 0.377. The molecule has 5 heteroatoms. The highest BCUT2D eigenvalue weighted by Gasteiger charge is 2.32. The maximum absolute atomic E-state index is 15.3. The predicted octanol–water partition coefficient (Wildman–Crippen LogP) is 7.67. The van der Waals surface area contributed by atoms with Crippen molar-refractivity contribution in [1.82, 2.24) is 0 Å². The Labute approximate surface area is 179 Å². The van der Waals surface area contributed by atoms with Crippen LogP contribution in [0.15, 0.2) is 12.1 Å². The van der Waals surface area contributed by atoms with Crippen molar-refractivity contribution >= 4 is 0 Å². The summed E-state index contributed by atoms with van der Waals surface area (Å²) in [5.74, 6) is -0.832. The lowest BCUT2D eigenvalue weighted by atomic mass is 9.80. The molecule has 1 heterocycles. The Kier molecular flexibility index (Phi) is 9.06. The minimum atomic E-state index is -2.80. The summed E-state index contributed by atoms with van der Waals surface area (Å²) in [6.45, 7) is 5.43. The molecular weight excluding hydrogens is 389 g/mol. The molecule has 30 heavy (non-hydrogen) atoms. The molecule has 1 aliphatic heterocycles. The van der Waals surface area contributed by atoms with Gasteiger partial charge in [0.25, 0.3) is 6.43 Å². The molecule has 0 bridgehead atoms. The van der Waals surface area contributed by atoms with Gasteiger partial charge in [-0.1, -0.05) is 38.8 Å². The van der Waals surface area contributed by atoms with Gasteiger partial charge in [-0.3, -0.25) is 0 Å². The van der Waals surface area contributed by atoms with Gasteiger partial charge in [0.2, 0.25) is 0 Å². The monoisotopic (exact) mass is 426 g/mol. The third-order valence-electron chi connectivity index (χ3n) is 6.85. The fraction of sp³-hybridized carbons (Fsp3) is 0.760. The Hall–Kier alpha value is -1.07. The summed E-state index contributed by atoms with van der Waals surface area (Å²) >= 11 is 0. The third-order valence-corrected chi connectivity index (χ3v) is 6.85. The van der Waals surface area contributed by atoms with Crippen molar-refractivity contribution in [2.75, 3.05) is 13.2 Å². The van der Waals surface area contributed by atoms with Crippen LogP contribution in [0.3, 0.4) is 0 Å². The van der Waals surface area contributed by atoms with Crippen molar-refractivity contribution in [3.05, 3.63) is 34.6 Å². The molecule has 1 saturated carbocycles. The summed E-state index contributed by atoms with van der Waals surface area (Å²) in [4.78, 5) is 0. The van der Waals surface area contributed by atoms with Crippen LogP contribution in [0.4, 0.5) is 13.2 Å². The number of hydrogen-bond acceptors (Lipinski definition) is 2. The first-order valence-corrected chi connectivity index (χ1v) is 11.9. The molecule has 1 aromatic carbocycles. The number of unbranched alkanes of at least 4 members (excludes halogenated alkanes) is 1. The van der Waals surface area contributed by atoms with Crippen molar-refractivity contribution in [3.8, 4) is 0 Å². The predicted molar refractivity (Wildman–Crippen MR) is 114 cm³/mol.